The zero-order valence-corrected chi connectivity index (χ0v) is 11.4. The third kappa shape index (κ3) is 4.94. The maximum Gasteiger partial charge on any atom is 0.234 e. The van der Waals surface area contributed by atoms with Crippen LogP contribution in [0.3, 0.4) is 0 Å². The topological polar surface area (TPSA) is 44.4 Å². The van der Waals surface area contributed by atoms with E-state index >= 15 is 0 Å². The zero-order valence-electron chi connectivity index (χ0n) is 11.4. The Bertz CT molecular complexity index is 245. The standard InChI is InChI=1S/C14H27N3O/c18-14(16-13-6-2-3-7-13)12-15-8-11-17-9-4-1-5-10-17/h13,15H,1-12H2,(H,16,18). The molecule has 0 aromatic carbocycles. The first-order chi connectivity index (χ1) is 8.84. The fourth-order valence-corrected chi connectivity index (χ4v) is 2.97. The number of piperidine rings is 1. The molecule has 2 fully saturated rings. The molecule has 1 heterocycles. The van der Waals surface area contributed by atoms with Gasteiger partial charge in [-0.05, 0) is 38.8 Å². The van der Waals surface area contributed by atoms with E-state index in [0.717, 1.165) is 13.1 Å². The Morgan fingerprint density at radius 2 is 1.78 bits per heavy atom. The van der Waals surface area contributed by atoms with Crippen molar-refractivity contribution in [3.63, 3.8) is 0 Å². The van der Waals surface area contributed by atoms with Crippen molar-refractivity contribution in [3.05, 3.63) is 0 Å². The fourth-order valence-electron chi connectivity index (χ4n) is 2.97. The van der Waals surface area contributed by atoms with Crippen molar-refractivity contribution >= 4 is 5.91 Å². The van der Waals surface area contributed by atoms with Gasteiger partial charge in [-0.3, -0.25) is 4.79 Å². The molecule has 2 N–H and O–H groups in total. The van der Waals surface area contributed by atoms with Gasteiger partial charge in [0.05, 0.1) is 6.54 Å². The number of carbonyl (C=O) groups is 1. The molecule has 1 aliphatic carbocycles. The second-order valence-electron chi connectivity index (χ2n) is 5.63. The molecular weight excluding hydrogens is 226 g/mol. The molecule has 1 amide bonds. The van der Waals surface area contributed by atoms with Gasteiger partial charge in [-0.25, -0.2) is 0 Å². The van der Waals surface area contributed by atoms with E-state index in [9.17, 15) is 4.79 Å². The van der Waals surface area contributed by atoms with E-state index in [-0.39, 0.29) is 5.91 Å². The number of likely N-dealkylation sites (tertiary alicyclic amines) is 1. The van der Waals surface area contributed by atoms with Crippen molar-refractivity contribution in [2.75, 3.05) is 32.7 Å². The Morgan fingerprint density at radius 3 is 2.50 bits per heavy atom. The van der Waals surface area contributed by atoms with Crippen LogP contribution in [-0.2, 0) is 4.79 Å². The third-order valence-electron chi connectivity index (χ3n) is 4.06. The van der Waals surface area contributed by atoms with Crippen LogP contribution in [-0.4, -0.2) is 49.6 Å². The second kappa shape index (κ2) is 7.74. The van der Waals surface area contributed by atoms with Crippen molar-refractivity contribution in [1.82, 2.24) is 15.5 Å². The van der Waals surface area contributed by atoms with Gasteiger partial charge in [0.25, 0.3) is 0 Å². The first kappa shape index (κ1) is 13.8. The highest BCUT2D eigenvalue weighted by atomic mass is 16.1. The molecule has 2 rings (SSSR count). The molecule has 0 spiro atoms. The van der Waals surface area contributed by atoms with Crippen molar-refractivity contribution in [3.8, 4) is 0 Å². The Kier molecular flexibility index (Phi) is 5.94. The minimum atomic E-state index is 0.167. The highest BCUT2D eigenvalue weighted by molar-refractivity contribution is 5.78. The van der Waals surface area contributed by atoms with Gasteiger partial charge in [0.1, 0.15) is 0 Å². The molecule has 4 nitrogen and oxygen atoms in total. The monoisotopic (exact) mass is 253 g/mol. The average molecular weight is 253 g/mol. The van der Waals surface area contributed by atoms with E-state index in [1.807, 2.05) is 0 Å². The summed E-state index contributed by atoms with van der Waals surface area (Å²) in [6, 6.07) is 0.446. The van der Waals surface area contributed by atoms with Gasteiger partial charge in [-0.1, -0.05) is 19.3 Å². The second-order valence-corrected chi connectivity index (χ2v) is 5.63. The molecule has 1 saturated carbocycles. The van der Waals surface area contributed by atoms with Crippen LogP contribution < -0.4 is 10.6 Å². The van der Waals surface area contributed by atoms with Gasteiger partial charge in [0.15, 0.2) is 0 Å². The van der Waals surface area contributed by atoms with E-state index in [1.165, 1.54) is 58.0 Å². The summed E-state index contributed by atoms with van der Waals surface area (Å²) < 4.78 is 0. The molecular formula is C14H27N3O. The number of hydrogen-bond acceptors (Lipinski definition) is 3. The molecule has 1 aliphatic heterocycles. The van der Waals surface area contributed by atoms with Crippen LogP contribution in [0.15, 0.2) is 0 Å². The first-order valence-corrected chi connectivity index (χ1v) is 7.57. The number of nitrogens with one attached hydrogen (secondary N) is 2. The van der Waals surface area contributed by atoms with Crippen LogP contribution in [0, 0.1) is 0 Å². The summed E-state index contributed by atoms with van der Waals surface area (Å²) in [5, 5.41) is 6.35. The molecule has 104 valence electrons. The molecule has 0 unspecified atom stereocenters. The molecule has 0 aromatic rings. The Labute approximate surface area is 110 Å². The summed E-state index contributed by atoms with van der Waals surface area (Å²) in [6.07, 6.45) is 8.93. The minimum absolute atomic E-state index is 0.167. The van der Waals surface area contributed by atoms with Crippen LogP contribution in [0.4, 0.5) is 0 Å². The molecule has 2 aliphatic rings. The van der Waals surface area contributed by atoms with E-state index < -0.39 is 0 Å². The van der Waals surface area contributed by atoms with Crippen LogP contribution in [0.25, 0.3) is 0 Å². The Balaban J connectivity index is 1.47. The molecule has 0 atom stereocenters. The lowest BCUT2D eigenvalue weighted by molar-refractivity contribution is -0.120. The number of hydrogen-bond donors (Lipinski definition) is 2. The van der Waals surface area contributed by atoms with Crippen LogP contribution in [0.1, 0.15) is 44.9 Å². The molecule has 0 bridgehead atoms. The summed E-state index contributed by atoms with van der Waals surface area (Å²) in [5.74, 6) is 0.167. The molecule has 1 saturated heterocycles. The summed E-state index contributed by atoms with van der Waals surface area (Å²) in [6.45, 7) is 4.95. The molecule has 4 heteroatoms. The van der Waals surface area contributed by atoms with Gasteiger partial charge in [0, 0.05) is 19.1 Å². The number of carbonyl (C=O) groups excluding carboxylic acids is 1. The predicted molar refractivity (Wildman–Crippen MR) is 73.6 cm³/mol. The third-order valence-corrected chi connectivity index (χ3v) is 4.06. The van der Waals surface area contributed by atoms with E-state index in [1.54, 1.807) is 0 Å². The SMILES string of the molecule is O=C(CNCCN1CCCCC1)NC1CCCC1. The lowest BCUT2D eigenvalue weighted by Crippen LogP contribution is -2.42. The number of amides is 1. The quantitative estimate of drug-likeness (QED) is 0.697. The van der Waals surface area contributed by atoms with Gasteiger partial charge in [0.2, 0.25) is 5.91 Å². The van der Waals surface area contributed by atoms with Gasteiger partial charge < -0.3 is 15.5 Å². The lowest BCUT2D eigenvalue weighted by Gasteiger charge is -2.26. The summed E-state index contributed by atoms with van der Waals surface area (Å²) in [4.78, 5) is 14.2. The van der Waals surface area contributed by atoms with E-state index in [2.05, 4.69) is 15.5 Å². The normalized spacial score (nSPS) is 22.2. The molecule has 18 heavy (non-hydrogen) atoms. The van der Waals surface area contributed by atoms with Gasteiger partial charge >= 0.3 is 0 Å². The summed E-state index contributed by atoms with van der Waals surface area (Å²) in [7, 11) is 0. The fraction of sp³-hybridized carbons (Fsp3) is 0.929. The maximum absolute atomic E-state index is 11.7. The largest absolute Gasteiger partial charge is 0.352 e. The highest BCUT2D eigenvalue weighted by Crippen LogP contribution is 2.17. The number of rotatable bonds is 6. The minimum Gasteiger partial charge on any atom is -0.352 e. The Hall–Kier alpha value is -0.610. The average Bonchev–Trinajstić information content (AvgIpc) is 2.89. The van der Waals surface area contributed by atoms with Crippen molar-refractivity contribution < 1.29 is 4.79 Å². The lowest BCUT2D eigenvalue weighted by atomic mass is 10.1. The molecule has 0 aromatic heterocycles. The summed E-state index contributed by atoms with van der Waals surface area (Å²) in [5.41, 5.74) is 0. The first-order valence-electron chi connectivity index (χ1n) is 7.57. The van der Waals surface area contributed by atoms with E-state index in [0.29, 0.717) is 12.6 Å². The van der Waals surface area contributed by atoms with Crippen molar-refractivity contribution in [2.24, 2.45) is 0 Å². The van der Waals surface area contributed by atoms with Crippen LogP contribution in [0.2, 0.25) is 0 Å². The van der Waals surface area contributed by atoms with Gasteiger partial charge in [-0.15, -0.1) is 0 Å². The van der Waals surface area contributed by atoms with Crippen LogP contribution in [0.5, 0.6) is 0 Å². The zero-order chi connectivity index (χ0) is 12.6. The van der Waals surface area contributed by atoms with Crippen molar-refractivity contribution in [1.29, 1.82) is 0 Å². The maximum atomic E-state index is 11.7. The van der Waals surface area contributed by atoms with Crippen molar-refractivity contribution in [2.45, 2.75) is 51.0 Å². The highest BCUT2D eigenvalue weighted by Gasteiger charge is 2.16. The van der Waals surface area contributed by atoms with Gasteiger partial charge in [-0.2, -0.15) is 0 Å². The van der Waals surface area contributed by atoms with E-state index in [4.69, 9.17) is 0 Å². The molecule has 0 radical (unpaired) electrons. The predicted octanol–water partition coefficient (Wildman–Crippen LogP) is 1.12. The smallest absolute Gasteiger partial charge is 0.234 e. The number of nitrogens with zero attached hydrogens (tertiary/aromatic N) is 1. The Morgan fingerprint density at radius 1 is 1.06 bits per heavy atom. The van der Waals surface area contributed by atoms with Crippen LogP contribution >= 0.6 is 0 Å². The summed E-state index contributed by atoms with van der Waals surface area (Å²) >= 11 is 0.